The molecule has 5 nitrogen and oxygen atoms in total. The van der Waals surface area contributed by atoms with Gasteiger partial charge in [0.1, 0.15) is 0 Å². The minimum atomic E-state index is -0.138. The Bertz CT molecular complexity index is 336. The number of carbonyl (C=O) groups is 1. The van der Waals surface area contributed by atoms with E-state index in [1.165, 1.54) is 19.3 Å². The molecule has 3 fully saturated rings. The molecule has 0 radical (unpaired) electrons. The Morgan fingerprint density at radius 1 is 1.00 bits per heavy atom. The summed E-state index contributed by atoms with van der Waals surface area (Å²) in [6, 6.07) is 0.583. The average Bonchev–Trinajstić information content (AvgIpc) is 2.87. The lowest BCUT2D eigenvalue weighted by atomic mass is 9.90. The molecule has 3 aliphatic rings. The van der Waals surface area contributed by atoms with E-state index in [0.717, 1.165) is 45.3 Å². The van der Waals surface area contributed by atoms with Crippen molar-refractivity contribution in [2.45, 2.75) is 69.1 Å². The Morgan fingerprint density at radius 3 is 2.55 bits per heavy atom. The van der Waals surface area contributed by atoms with Crippen LogP contribution in [0.15, 0.2) is 0 Å². The monoisotopic (exact) mass is 282 g/mol. The van der Waals surface area contributed by atoms with Crippen LogP contribution in [0.1, 0.15) is 51.4 Å². The van der Waals surface area contributed by atoms with E-state index >= 15 is 0 Å². The summed E-state index contributed by atoms with van der Waals surface area (Å²) in [4.78, 5) is 12.1. The van der Waals surface area contributed by atoms with Gasteiger partial charge in [-0.2, -0.15) is 0 Å². The molecule has 0 aromatic heterocycles. The highest BCUT2D eigenvalue weighted by Gasteiger charge is 2.41. The molecule has 3 rings (SSSR count). The summed E-state index contributed by atoms with van der Waals surface area (Å²) in [6.45, 7) is 2.17. The SMILES string of the molecule is O=C(NC1CCCCC1)N[C@H]1CCO[C@@]2(CCOC2)C1. The van der Waals surface area contributed by atoms with Crippen LogP contribution in [0.2, 0.25) is 0 Å². The molecule has 2 N–H and O–H groups in total. The molecule has 114 valence electrons. The zero-order valence-electron chi connectivity index (χ0n) is 12.2. The molecule has 0 bridgehead atoms. The molecule has 0 aromatic rings. The summed E-state index contributed by atoms with van der Waals surface area (Å²) in [5.41, 5.74) is -0.138. The van der Waals surface area contributed by atoms with Crippen LogP contribution in [0.3, 0.4) is 0 Å². The molecule has 20 heavy (non-hydrogen) atoms. The molecular formula is C15H26N2O3. The molecule has 0 unspecified atom stereocenters. The molecule has 1 spiro atoms. The van der Waals surface area contributed by atoms with Gasteiger partial charge in [-0.25, -0.2) is 4.79 Å². The van der Waals surface area contributed by atoms with Gasteiger partial charge in [-0.15, -0.1) is 0 Å². The largest absolute Gasteiger partial charge is 0.378 e. The van der Waals surface area contributed by atoms with Crippen LogP contribution in [0, 0.1) is 0 Å². The third-order valence-electron chi connectivity index (χ3n) is 4.84. The van der Waals surface area contributed by atoms with Gasteiger partial charge in [0.2, 0.25) is 0 Å². The lowest BCUT2D eigenvalue weighted by molar-refractivity contribution is -0.0878. The number of carbonyl (C=O) groups excluding carboxylic acids is 1. The van der Waals surface area contributed by atoms with Crippen molar-refractivity contribution in [1.82, 2.24) is 10.6 Å². The molecule has 1 aliphatic carbocycles. The number of nitrogens with one attached hydrogen (secondary N) is 2. The highest BCUT2D eigenvalue weighted by Crippen LogP contribution is 2.32. The van der Waals surface area contributed by atoms with Gasteiger partial charge in [0, 0.05) is 31.7 Å². The molecule has 2 heterocycles. The fourth-order valence-electron chi connectivity index (χ4n) is 3.67. The lowest BCUT2D eigenvalue weighted by Gasteiger charge is -2.37. The second-order valence-electron chi connectivity index (χ2n) is 6.48. The number of rotatable bonds is 2. The van der Waals surface area contributed by atoms with Crippen LogP contribution in [0.25, 0.3) is 0 Å². The van der Waals surface area contributed by atoms with Gasteiger partial charge in [-0.05, 0) is 25.7 Å². The summed E-state index contributed by atoms with van der Waals surface area (Å²) in [7, 11) is 0. The highest BCUT2D eigenvalue weighted by atomic mass is 16.6. The maximum Gasteiger partial charge on any atom is 0.315 e. The van der Waals surface area contributed by atoms with Crippen molar-refractivity contribution >= 4 is 6.03 Å². The zero-order valence-corrected chi connectivity index (χ0v) is 12.2. The van der Waals surface area contributed by atoms with Gasteiger partial charge in [0.15, 0.2) is 0 Å². The van der Waals surface area contributed by atoms with Gasteiger partial charge in [-0.3, -0.25) is 0 Å². The molecule has 0 aromatic carbocycles. The van der Waals surface area contributed by atoms with Crippen LogP contribution in [-0.2, 0) is 9.47 Å². The Balaban J connectivity index is 1.45. The molecule has 1 saturated carbocycles. The fourth-order valence-corrected chi connectivity index (χ4v) is 3.67. The third-order valence-corrected chi connectivity index (χ3v) is 4.84. The van der Waals surface area contributed by atoms with E-state index in [2.05, 4.69) is 10.6 Å². The van der Waals surface area contributed by atoms with E-state index in [9.17, 15) is 4.79 Å². The molecule has 2 saturated heterocycles. The van der Waals surface area contributed by atoms with Crippen molar-refractivity contribution in [3.8, 4) is 0 Å². The molecule has 2 amide bonds. The second-order valence-corrected chi connectivity index (χ2v) is 6.48. The summed E-state index contributed by atoms with van der Waals surface area (Å²) < 4.78 is 11.4. The smallest absolute Gasteiger partial charge is 0.315 e. The molecular weight excluding hydrogens is 256 g/mol. The normalized spacial score (nSPS) is 35.1. The van der Waals surface area contributed by atoms with Crippen molar-refractivity contribution in [2.24, 2.45) is 0 Å². The van der Waals surface area contributed by atoms with Crippen LogP contribution >= 0.6 is 0 Å². The number of hydrogen-bond acceptors (Lipinski definition) is 3. The number of ether oxygens (including phenoxy) is 2. The van der Waals surface area contributed by atoms with Gasteiger partial charge >= 0.3 is 6.03 Å². The Morgan fingerprint density at radius 2 is 1.80 bits per heavy atom. The van der Waals surface area contributed by atoms with Crippen molar-refractivity contribution in [3.05, 3.63) is 0 Å². The van der Waals surface area contributed by atoms with Crippen molar-refractivity contribution < 1.29 is 14.3 Å². The first-order valence-corrected chi connectivity index (χ1v) is 8.05. The zero-order chi connectivity index (χ0) is 13.8. The molecule has 5 heteroatoms. The van der Waals surface area contributed by atoms with Crippen molar-refractivity contribution in [2.75, 3.05) is 19.8 Å². The number of urea groups is 1. The first-order valence-electron chi connectivity index (χ1n) is 8.05. The summed E-state index contributed by atoms with van der Waals surface area (Å²) in [5, 5.41) is 6.25. The van der Waals surface area contributed by atoms with E-state index < -0.39 is 0 Å². The molecule has 2 aliphatic heterocycles. The number of amides is 2. The van der Waals surface area contributed by atoms with E-state index in [1.807, 2.05) is 0 Å². The van der Waals surface area contributed by atoms with Gasteiger partial charge < -0.3 is 20.1 Å². The summed E-state index contributed by atoms with van der Waals surface area (Å²) >= 11 is 0. The minimum Gasteiger partial charge on any atom is -0.378 e. The predicted octanol–water partition coefficient (Wildman–Crippen LogP) is 1.96. The van der Waals surface area contributed by atoms with Gasteiger partial charge in [0.25, 0.3) is 0 Å². The topological polar surface area (TPSA) is 59.6 Å². The lowest BCUT2D eigenvalue weighted by Crippen LogP contribution is -2.52. The maximum absolute atomic E-state index is 12.1. The highest BCUT2D eigenvalue weighted by molar-refractivity contribution is 5.74. The molecule has 2 atom stereocenters. The number of hydrogen-bond donors (Lipinski definition) is 2. The first-order chi connectivity index (χ1) is 9.76. The Hall–Kier alpha value is -0.810. The van der Waals surface area contributed by atoms with E-state index in [1.54, 1.807) is 0 Å². The predicted molar refractivity (Wildman–Crippen MR) is 75.7 cm³/mol. The Labute approximate surface area is 120 Å². The standard InChI is InChI=1S/C15H26N2O3/c18-14(16-12-4-2-1-3-5-12)17-13-6-8-20-15(10-13)7-9-19-11-15/h12-13H,1-11H2,(H2,16,17,18)/t13-,15-/m0/s1. The van der Waals surface area contributed by atoms with Crippen LogP contribution in [0.4, 0.5) is 4.79 Å². The van der Waals surface area contributed by atoms with E-state index in [-0.39, 0.29) is 17.7 Å². The minimum absolute atomic E-state index is 0.00198. The maximum atomic E-state index is 12.1. The average molecular weight is 282 g/mol. The summed E-state index contributed by atoms with van der Waals surface area (Å²) in [6.07, 6.45) is 8.77. The van der Waals surface area contributed by atoms with Crippen molar-refractivity contribution in [1.29, 1.82) is 0 Å². The third kappa shape index (κ3) is 3.44. The van der Waals surface area contributed by atoms with Gasteiger partial charge in [0.05, 0.1) is 12.2 Å². The quantitative estimate of drug-likeness (QED) is 0.814. The summed E-state index contributed by atoms with van der Waals surface area (Å²) in [5.74, 6) is 0. The second kappa shape index (κ2) is 6.31. The Kier molecular flexibility index (Phi) is 4.46. The first kappa shape index (κ1) is 14.1. The fraction of sp³-hybridized carbons (Fsp3) is 0.933. The van der Waals surface area contributed by atoms with Gasteiger partial charge in [-0.1, -0.05) is 19.3 Å². The van der Waals surface area contributed by atoms with E-state index in [4.69, 9.17) is 9.47 Å². The van der Waals surface area contributed by atoms with Crippen LogP contribution < -0.4 is 10.6 Å². The van der Waals surface area contributed by atoms with Crippen molar-refractivity contribution in [3.63, 3.8) is 0 Å². The van der Waals surface area contributed by atoms with Crippen LogP contribution in [-0.4, -0.2) is 43.5 Å². The van der Waals surface area contributed by atoms with E-state index in [0.29, 0.717) is 12.6 Å². The van der Waals surface area contributed by atoms with Crippen LogP contribution in [0.5, 0.6) is 0 Å².